The molecule has 2 aliphatic heterocycles. The van der Waals surface area contributed by atoms with Crippen LogP contribution in [0.25, 0.3) is 8.47 Å². The van der Waals surface area contributed by atoms with E-state index in [1.807, 2.05) is 58.4 Å². The highest BCUT2D eigenvalue weighted by atomic mass is 32.2. The summed E-state index contributed by atoms with van der Waals surface area (Å²) in [6.07, 6.45) is 2.72. The number of thioether (sulfide) groups is 4. The Hall–Kier alpha value is 0.840. The summed E-state index contributed by atoms with van der Waals surface area (Å²) in [4.78, 5) is 0. The number of thiophene rings is 1. The molecular weight excluding hydrogens is 304 g/mol. The normalized spacial score (nSPS) is 21.9. The fraction of sp³-hybridized carbons (Fsp3) is 0.500. The SMILES string of the molecule is c1cc(=C2SCCCS2)sc1=C1SCCCS1. The van der Waals surface area contributed by atoms with Gasteiger partial charge in [-0.1, -0.05) is 0 Å². The van der Waals surface area contributed by atoms with Crippen molar-refractivity contribution in [3.63, 3.8) is 0 Å². The lowest BCUT2D eigenvalue weighted by atomic mass is 10.6. The van der Waals surface area contributed by atoms with E-state index in [0.717, 1.165) is 0 Å². The summed E-state index contributed by atoms with van der Waals surface area (Å²) in [6, 6.07) is 4.65. The Morgan fingerprint density at radius 1 is 0.647 bits per heavy atom. The third-order valence-electron chi connectivity index (χ3n) is 2.52. The molecule has 5 heteroatoms. The van der Waals surface area contributed by atoms with Crippen LogP contribution in [0.1, 0.15) is 12.8 Å². The average molecular weight is 319 g/mol. The molecule has 0 radical (unpaired) electrons. The summed E-state index contributed by atoms with van der Waals surface area (Å²) in [5, 5.41) is 0. The van der Waals surface area contributed by atoms with Gasteiger partial charge in [0.15, 0.2) is 0 Å². The Bertz CT molecular complexity index is 441. The minimum Gasteiger partial charge on any atom is -0.133 e. The fourth-order valence-electron chi connectivity index (χ4n) is 1.70. The van der Waals surface area contributed by atoms with Gasteiger partial charge in [-0.2, -0.15) is 0 Å². The Kier molecular flexibility index (Phi) is 4.78. The van der Waals surface area contributed by atoms with E-state index in [4.69, 9.17) is 0 Å². The van der Waals surface area contributed by atoms with Crippen molar-refractivity contribution in [1.29, 1.82) is 0 Å². The lowest BCUT2D eigenvalue weighted by Crippen LogP contribution is -2.03. The van der Waals surface area contributed by atoms with Crippen molar-refractivity contribution in [1.82, 2.24) is 0 Å². The topological polar surface area (TPSA) is 0 Å². The second kappa shape index (κ2) is 6.33. The van der Waals surface area contributed by atoms with Crippen LogP contribution in [-0.4, -0.2) is 23.0 Å². The summed E-state index contributed by atoms with van der Waals surface area (Å²) >= 11 is 10.2. The molecule has 2 fully saturated rings. The number of rotatable bonds is 0. The van der Waals surface area contributed by atoms with Gasteiger partial charge < -0.3 is 0 Å². The molecule has 3 rings (SSSR count). The number of hydrogen-bond donors (Lipinski definition) is 0. The van der Waals surface area contributed by atoms with Gasteiger partial charge in [0.2, 0.25) is 0 Å². The maximum Gasteiger partial charge on any atom is 0.0574 e. The summed E-state index contributed by atoms with van der Waals surface area (Å²) in [6.45, 7) is 0. The van der Waals surface area contributed by atoms with Crippen LogP contribution >= 0.6 is 58.4 Å². The maximum atomic E-state index is 2.32. The Balaban J connectivity index is 1.96. The zero-order valence-corrected chi connectivity index (χ0v) is 13.5. The van der Waals surface area contributed by atoms with E-state index >= 15 is 0 Å². The lowest BCUT2D eigenvalue weighted by Gasteiger charge is -2.11. The maximum absolute atomic E-state index is 2.32. The highest BCUT2D eigenvalue weighted by Crippen LogP contribution is 2.36. The summed E-state index contributed by atoms with van der Waals surface area (Å²) in [5.41, 5.74) is 0. The van der Waals surface area contributed by atoms with Gasteiger partial charge in [0.05, 0.1) is 8.47 Å². The first kappa shape index (κ1) is 12.9. The fourth-order valence-corrected chi connectivity index (χ4v) is 8.35. The molecule has 17 heavy (non-hydrogen) atoms. The van der Waals surface area contributed by atoms with E-state index in [0.29, 0.717) is 0 Å². The van der Waals surface area contributed by atoms with Crippen LogP contribution in [0.5, 0.6) is 0 Å². The first-order valence-corrected chi connectivity index (χ1v) is 10.5. The average Bonchev–Trinajstić information content (AvgIpc) is 2.90. The molecule has 0 amide bonds. The monoisotopic (exact) mass is 318 g/mol. The molecule has 3 heterocycles. The van der Waals surface area contributed by atoms with E-state index < -0.39 is 0 Å². The molecule has 0 atom stereocenters. The summed E-state index contributed by atoms with van der Waals surface area (Å²) in [7, 11) is 0. The molecular formula is C12H14S5. The van der Waals surface area contributed by atoms with Crippen molar-refractivity contribution in [2.24, 2.45) is 0 Å². The Labute approximate surface area is 123 Å². The third kappa shape index (κ3) is 3.24. The summed E-state index contributed by atoms with van der Waals surface area (Å²) < 4.78 is 6.10. The van der Waals surface area contributed by atoms with Crippen molar-refractivity contribution in [3.05, 3.63) is 21.2 Å². The molecule has 0 aromatic carbocycles. The van der Waals surface area contributed by atoms with Crippen LogP contribution in [0, 0.1) is 0 Å². The Morgan fingerprint density at radius 2 is 1.06 bits per heavy atom. The molecule has 0 nitrogen and oxygen atoms in total. The van der Waals surface area contributed by atoms with E-state index in [1.54, 1.807) is 8.47 Å². The molecule has 0 bridgehead atoms. The standard InChI is InChI=1S/C12H14S5/c1-5-13-11(14-6-1)9-3-4-10(17-9)12-15-7-2-8-16-12/h3-4H,1-2,5-8H2. The quantitative estimate of drug-likeness (QED) is 0.716. The Morgan fingerprint density at radius 3 is 1.47 bits per heavy atom. The first-order valence-electron chi connectivity index (χ1n) is 5.79. The van der Waals surface area contributed by atoms with E-state index in [1.165, 1.54) is 44.9 Å². The van der Waals surface area contributed by atoms with Crippen molar-refractivity contribution < 1.29 is 0 Å². The van der Waals surface area contributed by atoms with E-state index in [9.17, 15) is 0 Å². The predicted molar refractivity (Wildman–Crippen MR) is 89.5 cm³/mol. The van der Waals surface area contributed by atoms with Gasteiger partial charge in [-0.15, -0.1) is 58.4 Å². The molecule has 0 aliphatic carbocycles. The van der Waals surface area contributed by atoms with Crippen LogP contribution in [0.15, 0.2) is 12.1 Å². The van der Waals surface area contributed by atoms with Gasteiger partial charge in [0.25, 0.3) is 0 Å². The number of hydrogen-bond acceptors (Lipinski definition) is 5. The van der Waals surface area contributed by atoms with Crippen LogP contribution in [0.4, 0.5) is 0 Å². The molecule has 1 aromatic rings. The van der Waals surface area contributed by atoms with Crippen molar-refractivity contribution >= 4 is 66.9 Å². The first-order chi connectivity index (χ1) is 8.43. The molecule has 2 saturated heterocycles. The zero-order chi connectivity index (χ0) is 11.5. The van der Waals surface area contributed by atoms with Gasteiger partial charge in [-0.3, -0.25) is 0 Å². The van der Waals surface area contributed by atoms with Crippen LogP contribution in [-0.2, 0) is 0 Å². The highest BCUT2D eigenvalue weighted by Gasteiger charge is 2.10. The smallest absolute Gasteiger partial charge is 0.0574 e. The molecule has 0 saturated carbocycles. The highest BCUT2D eigenvalue weighted by molar-refractivity contribution is 8.31. The third-order valence-corrected chi connectivity index (χ3v) is 9.47. The van der Waals surface area contributed by atoms with Crippen LogP contribution in [0.3, 0.4) is 0 Å². The molecule has 92 valence electrons. The minimum absolute atomic E-state index is 1.30. The van der Waals surface area contributed by atoms with Gasteiger partial charge in [-0.25, -0.2) is 0 Å². The second-order valence-electron chi connectivity index (χ2n) is 3.84. The van der Waals surface area contributed by atoms with E-state index in [-0.39, 0.29) is 0 Å². The molecule has 2 aliphatic rings. The zero-order valence-electron chi connectivity index (χ0n) is 9.44. The molecule has 1 aromatic heterocycles. The van der Waals surface area contributed by atoms with Gasteiger partial charge in [0.1, 0.15) is 0 Å². The predicted octanol–water partition coefficient (Wildman–Crippen LogP) is 3.62. The molecule has 0 spiro atoms. The lowest BCUT2D eigenvalue weighted by molar-refractivity contribution is 1.13. The van der Waals surface area contributed by atoms with Crippen molar-refractivity contribution in [2.45, 2.75) is 12.8 Å². The minimum atomic E-state index is 1.30. The van der Waals surface area contributed by atoms with Gasteiger partial charge in [-0.05, 0) is 48.0 Å². The molecule has 0 N–H and O–H groups in total. The molecule has 0 unspecified atom stereocenters. The van der Waals surface area contributed by atoms with E-state index in [2.05, 4.69) is 12.1 Å². The van der Waals surface area contributed by atoms with Crippen LogP contribution in [0.2, 0.25) is 0 Å². The van der Waals surface area contributed by atoms with Gasteiger partial charge in [0, 0.05) is 9.06 Å². The van der Waals surface area contributed by atoms with Crippen molar-refractivity contribution in [2.75, 3.05) is 23.0 Å². The summed E-state index contributed by atoms with van der Waals surface area (Å²) in [5.74, 6) is 5.20. The van der Waals surface area contributed by atoms with Gasteiger partial charge >= 0.3 is 0 Å². The second-order valence-corrected chi connectivity index (χ2v) is 9.86. The van der Waals surface area contributed by atoms with Crippen LogP contribution < -0.4 is 9.06 Å². The van der Waals surface area contributed by atoms with Crippen molar-refractivity contribution in [3.8, 4) is 0 Å². The largest absolute Gasteiger partial charge is 0.133 e.